The Morgan fingerprint density at radius 2 is 1.92 bits per heavy atom. The molecule has 0 amide bonds. The van der Waals surface area contributed by atoms with Crippen molar-refractivity contribution in [2.24, 2.45) is 0 Å². The number of aromatic nitrogens is 1. The summed E-state index contributed by atoms with van der Waals surface area (Å²) in [6, 6.07) is 10.9. The molecule has 2 aromatic carbocycles. The van der Waals surface area contributed by atoms with E-state index in [1.54, 1.807) is 24.3 Å². The molecule has 7 heteroatoms. The van der Waals surface area contributed by atoms with Crippen LogP contribution in [0.15, 0.2) is 47.3 Å². The Balaban J connectivity index is 2.06. The maximum atomic E-state index is 12.2. The quantitative estimate of drug-likeness (QED) is 0.581. The number of ether oxygens (including phenoxy) is 1. The normalized spacial score (nSPS) is 11.1. The first-order valence-electron chi connectivity index (χ1n) is 7.33. The molecule has 3 rings (SSSR count). The third kappa shape index (κ3) is 3.20. The van der Waals surface area contributed by atoms with Crippen LogP contribution < -0.4 is 15.3 Å². The predicted octanol–water partition coefficient (Wildman–Crippen LogP) is 2.69. The van der Waals surface area contributed by atoms with Crippen LogP contribution in [0.2, 0.25) is 0 Å². The van der Waals surface area contributed by atoms with E-state index in [4.69, 9.17) is 4.74 Å². The fourth-order valence-corrected chi connectivity index (χ4v) is 2.47. The molecule has 126 valence electrons. The van der Waals surface area contributed by atoms with E-state index in [2.05, 4.69) is 4.98 Å². The van der Waals surface area contributed by atoms with E-state index in [1.165, 1.54) is 31.4 Å². The van der Waals surface area contributed by atoms with Crippen LogP contribution in [0.5, 0.6) is 11.5 Å². The van der Waals surface area contributed by atoms with Gasteiger partial charge < -0.3 is 14.8 Å². The maximum Gasteiger partial charge on any atom is 0.266 e. The fourth-order valence-electron chi connectivity index (χ4n) is 2.47. The van der Waals surface area contributed by atoms with Gasteiger partial charge in [-0.25, -0.2) is 0 Å². The summed E-state index contributed by atoms with van der Waals surface area (Å²) < 4.78 is 4.99. The second-order valence-electron chi connectivity index (χ2n) is 5.29. The number of nitrogens with zero attached hydrogens (tertiary/aromatic N) is 1. The van der Waals surface area contributed by atoms with Gasteiger partial charge in [0, 0.05) is 22.7 Å². The molecule has 1 aromatic heterocycles. The molecule has 0 aliphatic carbocycles. The lowest BCUT2D eigenvalue weighted by Gasteiger charge is -2.12. The molecule has 7 nitrogen and oxygen atoms in total. The number of benzene rings is 2. The highest BCUT2D eigenvalue weighted by atomic mass is 16.6. The number of para-hydroxylation sites is 1. The number of pyridine rings is 1. The maximum absolute atomic E-state index is 12.2. The highest BCUT2D eigenvalue weighted by molar-refractivity contribution is 5.81. The van der Waals surface area contributed by atoms with Gasteiger partial charge in [0.2, 0.25) is 0 Å². The number of rotatable bonds is 4. The lowest BCUT2D eigenvalue weighted by Crippen LogP contribution is -2.03. The van der Waals surface area contributed by atoms with Gasteiger partial charge in [-0.05, 0) is 35.6 Å². The van der Waals surface area contributed by atoms with E-state index in [1.807, 2.05) is 0 Å². The van der Waals surface area contributed by atoms with Crippen molar-refractivity contribution in [3.63, 3.8) is 0 Å². The lowest BCUT2D eigenvalue weighted by molar-refractivity contribution is -0.398. The van der Waals surface area contributed by atoms with Crippen LogP contribution in [0.3, 0.4) is 0 Å². The van der Waals surface area contributed by atoms with Crippen LogP contribution in [-0.2, 0) is 0 Å². The van der Waals surface area contributed by atoms with Crippen molar-refractivity contribution in [2.75, 3.05) is 7.11 Å². The number of methoxy groups -OCH3 is 1. The summed E-state index contributed by atoms with van der Waals surface area (Å²) in [5.41, 5.74) is 0.515. The van der Waals surface area contributed by atoms with Gasteiger partial charge in [0.1, 0.15) is 5.75 Å². The number of H-pyrrole nitrogens is 1. The number of hydrogen-bond donors (Lipinski definition) is 1. The average Bonchev–Trinajstić information content (AvgIpc) is 2.60. The summed E-state index contributed by atoms with van der Waals surface area (Å²) in [6.45, 7) is 0. The van der Waals surface area contributed by atoms with Crippen molar-refractivity contribution in [1.82, 2.24) is 4.98 Å². The molecule has 0 radical (unpaired) electrons. The molecule has 0 saturated heterocycles. The minimum atomic E-state index is -0.750. The molecule has 1 N–H and O–H groups in total. The minimum Gasteiger partial charge on any atom is -0.867 e. The Morgan fingerprint density at radius 1 is 1.16 bits per heavy atom. The van der Waals surface area contributed by atoms with E-state index >= 15 is 0 Å². The third-order valence-corrected chi connectivity index (χ3v) is 3.70. The summed E-state index contributed by atoms with van der Waals surface area (Å²) in [4.78, 5) is 25.4. The van der Waals surface area contributed by atoms with E-state index < -0.39 is 16.4 Å². The molecule has 25 heavy (non-hydrogen) atoms. The van der Waals surface area contributed by atoms with Crippen molar-refractivity contribution in [3.05, 3.63) is 74.1 Å². The van der Waals surface area contributed by atoms with Gasteiger partial charge in [-0.3, -0.25) is 14.9 Å². The van der Waals surface area contributed by atoms with E-state index in [9.17, 15) is 20.0 Å². The monoisotopic (exact) mass is 337 g/mol. The van der Waals surface area contributed by atoms with Crippen molar-refractivity contribution in [3.8, 4) is 11.5 Å². The fraction of sp³-hybridized carbons (Fsp3) is 0.0556. The SMILES string of the molecule is COc1cc(/C=C/c2cc(=O)c3ccccc3[nH]2)c([O-])c([N+](=O)[O-])c1. The van der Waals surface area contributed by atoms with E-state index in [0.717, 1.165) is 6.07 Å². The van der Waals surface area contributed by atoms with Gasteiger partial charge in [0.05, 0.1) is 18.1 Å². The first-order chi connectivity index (χ1) is 12.0. The van der Waals surface area contributed by atoms with Crippen LogP contribution in [-0.4, -0.2) is 17.0 Å². The number of hydrogen-bond acceptors (Lipinski definition) is 5. The number of nitro groups is 1. The first-order valence-corrected chi connectivity index (χ1v) is 7.33. The van der Waals surface area contributed by atoms with E-state index in [-0.39, 0.29) is 16.7 Å². The average molecular weight is 337 g/mol. The Morgan fingerprint density at radius 3 is 2.64 bits per heavy atom. The molecule has 0 saturated carbocycles. The summed E-state index contributed by atoms with van der Waals surface area (Å²) in [7, 11) is 1.36. The van der Waals surface area contributed by atoms with Crippen molar-refractivity contribution in [2.45, 2.75) is 0 Å². The molecule has 3 aromatic rings. The van der Waals surface area contributed by atoms with Gasteiger partial charge in [-0.15, -0.1) is 0 Å². The molecular formula is C18H13N2O5-. The lowest BCUT2D eigenvalue weighted by atomic mass is 10.1. The van der Waals surface area contributed by atoms with Gasteiger partial charge in [0.15, 0.2) is 5.43 Å². The molecule has 0 spiro atoms. The zero-order valence-corrected chi connectivity index (χ0v) is 13.2. The minimum absolute atomic E-state index is 0.0973. The Bertz CT molecular complexity index is 1050. The molecule has 0 atom stereocenters. The Hall–Kier alpha value is -3.61. The number of aromatic amines is 1. The molecule has 0 aliphatic heterocycles. The standard InChI is InChI=1S/C18H14N2O5/c1-25-13-8-11(18(22)16(10-13)20(23)24)6-7-12-9-17(21)14-4-2-3-5-15(14)19-12/h2-10,22H,1H3,(H,19,21)/p-1/b7-6+. The highest BCUT2D eigenvalue weighted by Crippen LogP contribution is 2.33. The van der Waals surface area contributed by atoms with Gasteiger partial charge in [-0.2, -0.15) is 0 Å². The summed E-state index contributed by atoms with van der Waals surface area (Å²) in [6.07, 6.45) is 2.94. The summed E-state index contributed by atoms with van der Waals surface area (Å²) in [5.74, 6) is -0.511. The van der Waals surface area contributed by atoms with Crippen molar-refractivity contribution < 1.29 is 14.8 Å². The van der Waals surface area contributed by atoms with Crippen LogP contribution in [0, 0.1) is 10.1 Å². The van der Waals surface area contributed by atoms with Crippen LogP contribution >= 0.6 is 0 Å². The Kier molecular flexibility index (Phi) is 4.21. The molecule has 1 heterocycles. The smallest absolute Gasteiger partial charge is 0.266 e. The first kappa shape index (κ1) is 16.3. The Labute approximate surface area is 142 Å². The molecule has 0 fully saturated rings. The molecule has 0 aliphatic rings. The van der Waals surface area contributed by atoms with Crippen molar-refractivity contribution >= 4 is 28.7 Å². The number of fused-ring (bicyclic) bond motifs is 1. The largest absolute Gasteiger partial charge is 0.867 e. The number of nitrogens with one attached hydrogen (secondary N) is 1. The molecular weight excluding hydrogens is 324 g/mol. The molecule has 0 unspecified atom stereocenters. The van der Waals surface area contributed by atoms with Gasteiger partial charge in [-0.1, -0.05) is 18.2 Å². The van der Waals surface area contributed by atoms with Gasteiger partial charge in [0.25, 0.3) is 5.69 Å². The second kappa shape index (κ2) is 6.48. The van der Waals surface area contributed by atoms with Crippen LogP contribution in [0.25, 0.3) is 23.1 Å². The topological polar surface area (TPSA) is 108 Å². The summed E-state index contributed by atoms with van der Waals surface area (Å²) >= 11 is 0. The third-order valence-electron chi connectivity index (χ3n) is 3.70. The van der Waals surface area contributed by atoms with Crippen LogP contribution in [0.1, 0.15) is 11.3 Å². The predicted molar refractivity (Wildman–Crippen MR) is 92.6 cm³/mol. The van der Waals surface area contributed by atoms with Crippen molar-refractivity contribution in [1.29, 1.82) is 0 Å². The van der Waals surface area contributed by atoms with E-state index in [0.29, 0.717) is 16.6 Å². The zero-order chi connectivity index (χ0) is 18.0. The number of nitro benzene ring substituents is 1. The zero-order valence-electron chi connectivity index (χ0n) is 13.2. The van der Waals surface area contributed by atoms with Gasteiger partial charge >= 0.3 is 0 Å². The molecule has 0 bridgehead atoms. The summed E-state index contributed by atoms with van der Waals surface area (Å²) in [5, 5.41) is 23.7. The van der Waals surface area contributed by atoms with Crippen LogP contribution in [0.4, 0.5) is 5.69 Å². The second-order valence-corrected chi connectivity index (χ2v) is 5.29. The highest BCUT2D eigenvalue weighted by Gasteiger charge is 2.12.